The second-order valence-corrected chi connectivity index (χ2v) is 27.5. The fraction of sp³-hybridized carbons (Fsp3) is 0.538. The predicted octanol–water partition coefficient (Wildman–Crippen LogP) is 10.9. The molecule has 0 bridgehead atoms. The van der Waals surface area contributed by atoms with Gasteiger partial charge in [0.25, 0.3) is 0 Å². The topological polar surface area (TPSA) is 18.5 Å². The summed E-state index contributed by atoms with van der Waals surface area (Å²) in [7, 11) is -9.76. The number of halogens is 29. The standard InChI is InChI=1S/C26H8AsF28IO2/c28-15(29,19(36,37)23(44,45)46)13(16(30,31)20(38,39)24(47,48)49)9-5-1-3-7-11(9)27(56,57-13)12-8-4-2-6-10(12)14(58-27,17(32,33)21(40,41)25(50,51)52)18(34,35)22(42,43)26(53,54)55/h1-8H. The third kappa shape index (κ3) is 5.18. The Balaban J connectivity index is 2.45. The number of rotatable bonds is 8. The Hall–Kier alpha value is -2.31. The summed E-state index contributed by atoms with van der Waals surface area (Å²) >= 11 is -0.524. The van der Waals surface area contributed by atoms with E-state index < -0.39 is 157 Å². The monoisotopic (exact) mass is 1090 g/mol. The van der Waals surface area contributed by atoms with Crippen molar-refractivity contribution in [3.8, 4) is 0 Å². The van der Waals surface area contributed by atoms with Crippen LogP contribution in [0.2, 0.25) is 0 Å². The van der Waals surface area contributed by atoms with Gasteiger partial charge in [0.15, 0.2) is 0 Å². The quantitative estimate of drug-likeness (QED) is 0.149. The molecule has 2 nitrogen and oxygen atoms in total. The normalized spacial score (nSPS) is 21.4. The van der Waals surface area contributed by atoms with Crippen LogP contribution >= 0.6 is 20.1 Å². The molecule has 0 radical (unpaired) electrons. The average Bonchev–Trinajstić information content (AvgIpc) is 3.45. The van der Waals surface area contributed by atoms with Crippen LogP contribution in [0, 0.1) is 0 Å². The molecule has 2 heterocycles. The molecule has 0 fully saturated rings. The van der Waals surface area contributed by atoms with Gasteiger partial charge in [0.2, 0.25) is 0 Å². The molecular weight excluding hydrogens is 1080 g/mol. The Kier molecular flexibility index (Phi) is 10.2. The van der Waals surface area contributed by atoms with E-state index in [0.717, 1.165) is 0 Å². The molecule has 0 amide bonds. The van der Waals surface area contributed by atoms with Crippen molar-refractivity contribution in [2.75, 3.05) is 0 Å². The van der Waals surface area contributed by atoms with Gasteiger partial charge < -0.3 is 0 Å². The molecule has 2 aliphatic rings. The molecule has 0 unspecified atom stereocenters. The van der Waals surface area contributed by atoms with Crippen molar-refractivity contribution in [3.05, 3.63) is 59.7 Å². The fourth-order valence-electron chi connectivity index (χ4n) is 6.03. The summed E-state index contributed by atoms with van der Waals surface area (Å²) in [4.78, 5) is 0. The van der Waals surface area contributed by atoms with E-state index in [0.29, 0.717) is 0 Å². The molecule has 0 aliphatic carbocycles. The maximum absolute atomic E-state index is 16.0. The average molecular weight is 1090 g/mol. The van der Waals surface area contributed by atoms with Crippen LogP contribution in [0.5, 0.6) is 0 Å². The summed E-state index contributed by atoms with van der Waals surface area (Å²) in [6, 6.07) is -3.74. The van der Waals surface area contributed by atoms with Gasteiger partial charge in [-0.25, -0.2) is 0 Å². The van der Waals surface area contributed by atoms with Crippen molar-refractivity contribution in [2.24, 2.45) is 0 Å². The second-order valence-electron chi connectivity index (χ2n) is 12.0. The van der Waals surface area contributed by atoms with Crippen molar-refractivity contribution in [1.29, 1.82) is 0 Å². The Morgan fingerprint density at radius 2 is 0.534 bits per heavy atom. The van der Waals surface area contributed by atoms with Crippen molar-refractivity contribution < 1.29 is 130 Å². The summed E-state index contributed by atoms with van der Waals surface area (Å²) in [5.74, 6) is -68.6. The van der Waals surface area contributed by atoms with Gasteiger partial charge in [0.1, 0.15) is 0 Å². The number of hydrogen-bond acceptors (Lipinski definition) is 2. The van der Waals surface area contributed by atoms with E-state index in [1.165, 1.54) is 0 Å². The van der Waals surface area contributed by atoms with Crippen LogP contribution in [-0.4, -0.2) is 81.9 Å². The zero-order valence-corrected chi connectivity index (χ0v) is 29.9. The van der Waals surface area contributed by atoms with E-state index in [2.05, 4.69) is 7.45 Å². The molecule has 1 spiro atoms. The number of fused-ring (bicyclic) bond motifs is 4. The Labute approximate surface area is 311 Å². The van der Waals surface area contributed by atoms with Gasteiger partial charge in [0.05, 0.1) is 0 Å². The first-order valence-corrected chi connectivity index (χ1v) is 23.0. The number of benzene rings is 2. The summed E-state index contributed by atoms with van der Waals surface area (Å²) in [6.45, 7) is 0. The summed E-state index contributed by atoms with van der Waals surface area (Å²) < 4.78 is 411. The molecule has 0 atom stereocenters. The van der Waals surface area contributed by atoms with Gasteiger partial charge >= 0.3 is 312 Å². The first-order valence-electron chi connectivity index (χ1n) is 13.8. The summed E-state index contributed by atoms with van der Waals surface area (Å²) in [6.07, 6.45) is -32.7. The minimum atomic E-state index is -9.76. The molecule has 0 saturated heterocycles. The van der Waals surface area contributed by atoms with E-state index in [-0.39, 0.29) is 24.3 Å². The summed E-state index contributed by atoms with van der Waals surface area (Å²) in [5.41, 5.74) is -22.3. The molecular formula is C26H8AsF28IO2. The molecule has 2 aromatic rings. The summed E-state index contributed by atoms with van der Waals surface area (Å²) in [5, 5.41) is 0. The van der Waals surface area contributed by atoms with Gasteiger partial charge in [-0.2, -0.15) is 0 Å². The third-order valence-corrected chi connectivity index (χ3v) is 23.8. The SMILES string of the molecule is FC(F)(F)C(F)(F)C(F)(F)C1(C(F)(F)C(F)(F)C(F)(F)F)O[As]2(I)(OC(C(F)(F)C(F)(F)C(F)(F)F)(C(F)(F)C(F)(F)C(F)(F)F)c3ccccc32)c2ccccc21. The van der Waals surface area contributed by atoms with Crippen LogP contribution in [0.1, 0.15) is 11.1 Å². The van der Waals surface area contributed by atoms with Crippen LogP contribution in [-0.2, 0) is 18.7 Å². The Morgan fingerprint density at radius 3 is 0.724 bits per heavy atom. The first-order chi connectivity index (χ1) is 25.2. The number of hydrogen-bond donors (Lipinski definition) is 0. The molecule has 2 aliphatic heterocycles. The Bertz CT molecular complexity index is 1740. The molecule has 2 aromatic carbocycles. The van der Waals surface area contributed by atoms with Crippen LogP contribution in [0.3, 0.4) is 0 Å². The molecule has 58 heavy (non-hydrogen) atoms. The predicted molar refractivity (Wildman–Crippen MR) is 141 cm³/mol. The van der Waals surface area contributed by atoms with Crippen LogP contribution < -0.4 is 8.70 Å². The third-order valence-electron chi connectivity index (χ3n) is 8.75. The zero-order valence-electron chi connectivity index (χ0n) is 25.8. The van der Waals surface area contributed by atoms with Crippen molar-refractivity contribution in [2.45, 2.75) is 83.3 Å². The number of alkyl halides is 28. The molecule has 32 heteroatoms. The second kappa shape index (κ2) is 12.2. The van der Waals surface area contributed by atoms with E-state index in [1.807, 2.05) is 0 Å². The first kappa shape index (κ1) is 48.4. The van der Waals surface area contributed by atoms with Crippen LogP contribution in [0.4, 0.5) is 123 Å². The van der Waals surface area contributed by atoms with Crippen molar-refractivity contribution in [3.63, 3.8) is 0 Å². The van der Waals surface area contributed by atoms with Crippen LogP contribution in [0.25, 0.3) is 0 Å². The fourth-order valence-corrected chi connectivity index (χ4v) is 22.5. The van der Waals surface area contributed by atoms with E-state index in [4.69, 9.17) is 0 Å². The molecule has 0 saturated carbocycles. The van der Waals surface area contributed by atoms with Gasteiger partial charge in [-0.15, -0.1) is 0 Å². The van der Waals surface area contributed by atoms with Crippen molar-refractivity contribution >= 4 is 38.6 Å². The van der Waals surface area contributed by atoms with Gasteiger partial charge in [-0.05, 0) is 0 Å². The zero-order chi connectivity index (χ0) is 45.8. The molecule has 0 aromatic heterocycles. The van der Waals surface area contributed by atoms with E-state index >= 15 is 35.1 Å². The minimum absolute atomic E-state index is 0.0689. The van der Waals surface area contributed by atoms with Gasteiger partial charge in [0, 0.05) is 0 Å². The Morgan fingerprint density at radius 1 is 0.345 bits per heavy atom. The molecule has 0 N–H and O–H groups in total. The van der Waals surface area contributed by atoms with Gasteiger partial charge in [-0.1, -0.05) is 0 Å². The molecule has 332 valence electrons. The molecule has 4 rings (SSSR count). The van der Waals surface area contributed by atoms with Crippen molar-refractivity contribution in [1.82, 2.24) is 0 Å². The van der Waals surface area contributed by atoms with Crippen LogP contribution in [0.15, 0.2) is 48.5 Å². The van der Waals surface area contributed by atoms with E-state index in [9.17, 15) is 87.8 Å². The van der Waals surface area contributed by atoms with E-state index in [1.54, 1.807) is 0 Å². The van der Waals surface area contributed by atoms with Gasteiger partial charge in [-0.3, -0.25) is 0 Å². The maximum atomic E-state index is 16.0.